The average molecular weight is 393 g/mol. The number of H-pyrrole nitrogens is 2. The van der Waals surface area contributed by atoms with Gasteiger partial charge in [-0.2, -0.15) is 10.2 Å². The molecule has 150 valence electrons. The fraction of sp³-hybridized carbons (Fsp3) is 0.350. The largest absolute Gasteiger partial charge is 0.346 e. The summed E-state index contributed by atoms with van der Waals surface area (Å²) in [4.78, 5) is 31.8. The minimum absolute atomic E-state index is 0.104. The molecule has 3 N–H and O–H groups in total. The van der Waals surface area contributed by atoms with Gasteiger partial charge in [-0.25, -0.2) is 4.98 Å². The number of likely N-dealkylation sites (tertiary alicyclic amines) is 1. The van der Waals surface area contributed by atoms with Gasteiger partial charge in [0.05, 0.1) is 23.2 Å². The van der Waals surface area contributed by atoms with E-state index in [-0.39, 0.29) is 17.9 Å². The highest BCUT2D eigenvalue weighted by Crippen LogP contribution is 2.36. The van der Waals surface area contributed by atoms with Crippen LogP contribution in [0.25, 0.3) is 0 Å². The van der Waals surface area contributed by atoms with Crippen molar-refractivity contribution in [3.63, 3.8) is 0 Å². The highest BCUT2D eigenvalue weighted by atomic mass is 16.2. The smallest absolute Gasteiger partial charge is 0.257 e. The lowest BCUT2D eigenvalue weighted by Gasteiger charge is -2.49. The number of rotatable bonds is 6. The van der Waals surface area contributed by atoms with E-state index in [4.69, 9.17) is 0 Å². The molecular formula is C20H23N7O2. The van der Waals surface area contributed by atoms with Gasteiger partial charge in [-0.05, 0) is 25.8 Å². The molecule has 1 saturated heterocycles. The van der Waals surface area contributed by atoms with Crippen LogP contribution in [-0.2, 0) is 11.2 Å². The minimum Gasteiger partial charge on any atom is -0.346 e. The van der Waals surface area contributed by atoms with E-state index < -0.39 is 5.41 Å². The van der Waals surface area contributed by atoms with Crippen LogP contribution in [0.1, 0.15) is 40.5 Å². The molecule has 0 radical (unpaired) electrons. The Morgan fingerprint density at radius 2 is 2.03 bits per heavy atom. The molecule has 3 aromatic rings. The summed E-state index contributed by atoms with van der Waals surface area (Å²) >= 11 is 0. The lowest BCUT2D eigenvalue weighted by Crippen LogP contribution is -2.65. The van der Waals surface area contributed by atoms with E-state index in [0.717, 1.165) is 5.56 Å². The number of aryl methyl sites for hydroxylation is 1. The van der Waals surface area contributed by atoms with Crippen LogP contribution in [0.15, 0.2) is 42.7 Å². The average Bonchev–Trinajstić information content (AvgIpc) is 3.36. The van der Waals surface area contributed by atoms with E-state index in [1.165, 1.54) is 6.20 Å². The molecule has 1 aromatic carbocycles. The Bertz CT molecular complexity index is 991. The highest BCUT2D eigenvalue weighted by Gasteiger charge is 2.51. The lowest BCUT2D eigenvalue weighted by atomic mass is 9.73. The van der Waals surface area contributed by atoms with Gasteiger partial charge >= 0.3 is 0 Å². The third-order valence-electron chi connectivity index (χ3n) is 5.24. The Balaban J connectivity index is 1.51. The quantitative estimate of drug-likeness (QED) is 0.585. The number of benzene rings is 1. The molecule has 0 saturated carbocycles. The Morgan fingerprint density at radius 3 is 2.66 bits per heavy atom. The number of hydrogen-bond acceptors (Lipinski definition) is 5. The summed E-state index contributed by atoms with van der Waals surface area (Å²) in [6, 6.07) is 9.51. The van der Waals surface area contributed by atoms with Crippen LogP contribution in [0.5, 0.6) is 0 Å². The van der Waals surface area contributed by atoms with E-state index in [2.05, 4.69) is 30.7 Å². The molecule has 1 fully saturated rings. The molecule has 1 atom stereocenters. The SMILES string of the molecule is Cc1nc(C(C)NC(=O)C2(Cc3ccccc3)CN(C(=O)c3cn[nH]c3)C2)n[nH]1. The Kier molecular flexibility index (Phi) is 4.87. The molecule has 29 heavy (non-hydrogen) atoms. The number of carbonyl (C=O) groups excluding carboxylic acids is 2. The molecule has 9 nitrogen and oxygen atoms in total. The van der Waals surface area contributed by atoms with E-state index in [1.807, 2.05) is 44.2 Å². The number of aromatic nitrogens is 5. The zero-order valence-corrected chi connectivity index (χ0v) is 16.3. The first-order valence-electron chi connectivity index (χ1n) is 9.49. The van der Waals surface area contributed by atoms with Crippen LogP contribution in [0.2, 0.25) is 0 Å². The van der Waals surface area contributed by atoms with Gasteiger partial charge < -0.3 is 10.2 Å². The maximum atomic E-state index is 13.3. The third kappa shape index (κ3) is 3.75. The van der Waals surface area contributed by atoms with Crippen LogP contribution in [0.4, 0.5) is 0 Å². The maximum Gasteiger partial charge on any atom is 0.257 e. The van der Waals surface area contributed by atoms with E-state index in [9.17, 15) is 9.59 Å². The van der Waals surface area contributed by atoms with E-state index >= 15 is 0 Å². The number of aromatic amines is 2. The summed E-state index contributed by atoms with van der Waals surface area (Å²) in [5.74, 6) is 0.998. The number of carbonyl (C=O) groups is 2. The van der Waals surface area contributed by atoms with Gasteiger partial charge in [0.1, 0.15) is 5.82 Å². The normalized spacial score (nSPS) is 16.1. The predicted molar refractivity (Wildman–Crippen MR) is 105 cm³/mol. The van der Waals surface area contributed by atoms with Gasteiger partial charge in [-0.1, -0.05) is 30.3 Å². The lowest BCUT2D eigenvalue weighted by molar-refractivity contribution is -0.140. The summed E-state index contributed by atoms with van der Waals surface area (Å²) < 4.78 is 0. The molecule has 1 aliphatic rings. The third-order valence-corrected chi connectivity index (χ3v) is 5.24. The van der Waals surface area contributed by atoms with Crippen molar-refractivity contribution in [2.75, 3.05) is 13.1 Å². The van der Waals surface area contributed by atoms with Crippen molar-refractivity contribution in [1.82, 2.24) is 35.6 Å². The second-order valence-electron chi connectivity index (χ2n) is 7.57. The van der Waals surface area contributed by atoms with Crippen LogP contribution in [-0.4, -0.2) is 55.2 Å². The van der Waals surface area contributed by atoms with E-state index in [1.54, 1.807) is 11.1 Å². The molecule has 2 aromatic heterocycles. The Labute approximate surface area is 167 Å². The van der Waals surface area contributed by atoms with Crippen molar-refractivity contribution in [3.05, 3.63) is 65.5 Å². The van der Waals surface area contributed by atoms with Crippen LogP contribution < -0.4 is 5.32 Å². The van der Waals surface area contributed by atoms with Gasteiger partial charge in [0.25, 0.3) is 5.91 Å². The predicted octanol–water partition coefficient (Wildman–Crippen LogP) is 1.40. The fourth-order valence-corrected chi connectivity index (χ4v) is 3.67. The molecule has 0 aliphatic carbocycles. The van der Waals surface area contributed by atoms with Crippen molar-refractivity contribution in [3.8, 4) is 0 Å². The second-order valence-corrected chi connectivity index (χ2v) is 7.57. The zero-order valence-electron chi connectivity index (χ0n) is 16.3. The fourth-order valence-electron chi connectivity index (χ4n) is 3.67. The monoisotopic (exact) mass is 393 g/mol. The summed E-state index contributed by atoms with van der Waals surface area (Å²) in [5, 5.41) is 16.4. The van der Waals surface area contributed by atoms with Crippen LogP contribution >= 0.6 is 0 Å². The topological polar surface area (TPSA) is 120 Å². The first-order valence-corrected chi connectivity index (χ1v) is 9.49. The summed E-state index contributed by atoms with van der Waals surface area (Å²) in [7, 11) is 0. The molecule has 9 heteroatoms. The molecule has 0 spiro atoms. The van der Waals surface area contributed by atoms with Crippen LogP contribution in [0.3, 0.4) is 0 Å². The second kappa shape index (κ2) is 7.50. The Morgan fingerprint density at radius 1 is 1.28 bits per heavy atom. The van der Waals surface area contributed by atoms with Gasteiger partial charge in [0.2, 0.25) is 5.91 Å². The maximum absolute atomic E-state index is 13.3. The molecule has 1 unspecified atom stereocenters. The standard InChI is InChI=1S/C20H23N7O2/c1-13(17-24-14(2)25-26-17)23-19(29)20(8-15-6-4-3-5-7-15)11-27(12-20)18(28)16-9-21-22-10-16/h3-7,9-10,13H,8,11-12H2,1-2H3,(H,21,22)(H,23,29)(H,24,25,26). The van der Waals surface area contributed by atoms with Gasteiger partial charge in [0.15, 0.2) is 5.82 Å². The molecule has 4 rings (SSSR count). The van der Waals surface area contributed by atoms with Gasteiger partial charge in [-0.3, -0.25) is 19.8 Å². The molecular weight excluding hydrogens is 370 g/mol. The number of nitrogens with zero attached hydrogens (tertiary/aromatic N) is 4. The Hall–Kier alpha value is -3.49. The van der Waals surface area contributed by atoms with Crippen molar-refractivity contribution in [2.45, 2.75) is 26.3 Å². The minimum atomic E-state index is -0.694. The molecule has 0 bridgehead atoms. The summed E-state index contributed by atoms with van der Waals surface area (Å²) in [5.41, 5.74) is 0.850. The summed E-state index contributed by atoms with van der Waals surface area (Å²) in [6.45, 7) is 4.35. The van der Waals surface area contributed by atoms with Gasteiger partial charge in [-0.15, -0.1) is 0 Å². The number of amides is 2. The van der Waals surface area contributed by atoms with Crippen molar-refractivity contribution >= 4 is 11.8 Å². The van der Waals surface area contributed by atoms with Crippen LogP contribution in [0, 0.1) is 12.3 Å². The highest BCUT2D eigenvalue weighted by molar-refractivity contribution is 5.96. The number of nitrogens with one attached hydrogen (secondary N) is 3. The molecule has 2 amide bonds. The zero-order chi connectivity index (χ0) is 20.4. The first kappa shape index (κ1) is 18.9. The summed E-state index contributed by atoms with van der Waals surface area (Å²) in [6.07, 6.45) is 3.61. The van der Waals surface area contributed by atoms with Crippen molar-refractivity contribution < 1.29 is 9.59 Å². The van der Waals surface area contributed by atoms with Gasteiger partial charge in [0, 0.05) is 19.3 Å². The van der Waals surface area contributed by atoms with E-state index in [0.29, 0.717) is 36.7 Å². The first-order chi connectivity index (χ1) is 14.0. The van der Waals surface area contributed by atoms with Crippen molar-refractivity contribution in [1.29, 1.82) is 0 Å². The molecule has 1 aliphatic heterocycles. The number of hydrogen-bond donors (Lipinski definition) is 3. The van der Waals surface area contributed by atoms with Crippen molar-refractivity contribution in [2.24, 2.45) is 5.41 Å². The molecule has 3 heterocycles.